The van der Waals surface area contributed by atoms with E-state index in [1.807, 2.05) is 44.1 Å². The van der Waals surface area contributed by atoms with Gasteiger partial charge in [0.05, 0.1) is 18.8 Å². The van der Waals surface area contributed by atoms with E-state index in [1.54, 1.807) is 7.05 Å². The first-order chi connectivity index (χ1) is 9.67. The van der Waals surface area contributed by atoms with Gasteiger partial charge < -0.3 is 20.3 Å². The molecule has 2 N–H and O–H groups in total. The number of ether oxygens (including phenoxy) is 1. The third-order valence-electron chi connectivity index (χ3n) is 2.65. The highest BCUT2D eigenvalue weighted by atomic mass is 16.5. The van der Waals surface area contributed by atoms with Gasteiger partial charge in [-0.15, -0.1) is 0 Å². The summed E-state index contributed by atoms with van der Waals surface area (Å²) in [5.74, 6) is 1.70. The maximum atomic E-state index is 5.27. The summed E-state index contributed by atoms with van der Waals surface area (Å²) in [6.07, 6.45) is 0. The van der Waals surface area contributed by atoms with Gasteiger partial charge in [-0.2, -0.15) is 0 Å². The quantitative estimate of drug-likeness (QED) is 0.440. The normalized spacial score (nSPS) is 11.3. The van der Waals surface area contributed by atoms with Gasteiger partial charge in [-0.05, 0) is 19.1 Å². The third kappa shape index (κ3) is 5.88. The highest BCUT2D eigenvalue weighted by Gasteiger charge is 2.01. The molecule has 0 radical (unpaired) electrons. The van der Waals surface area contributed by atoms with Crippen LogP contribution in [0.5, 0.6) is 0 Å². The van der Waals surface area contributed by atoms with E-state index in [-0.39, 0.29) is 0 Å². The van der Waals surface area contributed by atoms with Gasteiger partial charge in [0.25, 0.3) is 0 Å². The topological polar surface area (TPSA) is 61.8 Å². The Hall–Kier alpha value is -1.82. The summed E-state index contributed by atoms with van der Waals surface area (Å²) in [5.41, 5.74) is 0.976. The molecular weight excluding hydrogens is 254 g/mol. The van der Waals surface area contributed by atoms with Crippen LogP contribution in [0.3, 0.4) is 0 Å². The number of pyridine rings is 1. The van der Waals surface area contributed by atoms with Crippen LogP contribution in [-0.4, -0.2) is 51.8 Å². The number of aromatic nitrogens is 1. The van der Waals surface area contributed by atoms with Crippen molar-refractivity contribution in [2.75, 3.05) is 45.8 Å². The van der Waals surface area contributed by atoms with Gasteiger partial charge in [-0.25, -0.2) is 4.98 Å². The summed E-state index contributed by atoms with van der Waals surface area (Å²) in [5, 5.41) is 6.42. The summed E-state index contributed by atoms with van der Waals surface area (Å²) < 4.78 is 5.27. The van der Waals surface area contributed by atoms with E-state index in [0.717, 1.165) is 30.6 Å². The minimum Gasteiger partial charge on any atom is -0.380 e. The van der Waals surface area contributed by atoms with E-state index in [9.17, 15) is 0 Å². The van der Waals surface area contributed by atoms with Gasteiger partial charge in [0, 0.05) is 34.3 Å². The summed E-state index contributed by atoms with van der Waals surface area (Å²) in [7, 11) is 5.71. The number of nitrogens with one attached hydrogen (secondary N) is 2. The monoisotopic (exact) mass is 279 g/mol. The zero-order valence-corrected chi connectivity index (χ0v) is 12.8. The van der Waals surface area contributed by atoms with Crippen molar-refractivity contribution < 1.29 is 4.74 Å². The number of nitrogens with zero attached hydrogens (tertiary/aromatic N) is 3. The maximum Gasteiger partial charge on any atom is 0.191 e. The first-order valence-electron chi connectivity index (χ1n) is 6.83. The second kappa shape index (κ2) is 9.14. The number of guanidine groups is 1. The molecule has 0 unspecified atom stereocenters. The van der Waals surface area contributed by atoms with Crippen molar-refractivity contribution in [3.63, 3.8) is 0 Å². The van der Waals surface area contributed by atoms with E-state index in [1.165, 1.54) is 0 Å². The lowest BCUT2D eigenvalue weighted by Crippen LogP contribution is -2.38. The molecule has 6 heteroatoms. The smallest absolute Gasteiger partial charge is 0.191 e. The Morgan fingerprint density at radius 1 is 1.35 bits per heavy atom. The van der Waals surface area contributed by atoms with Gasteiger partial charge >= 0.3 is 0 Å². The van der Waals surface area contributed by atoms with Crippen molar-refractivity contribution in [3.05, 3.63) is 23.9 Å². The molecule has 1 aromatic rings. The molecule has 0 aliphatic rings. The molecule has 0 amide bonds. The van der Waals surface area contributed by atoms with E-state index in [0.29, 0.717) is 13.2 Å². The average molecular weight is 279 g/mol. The van der Waals surface area contributed by atoms with Crippen LogP contribution in [0.2, 0.25) is 0 Å². The number of aliphatic imine (C=N–C) groups is 1. The number of rotatable bonds is 7. The SMILES string of the molecule is CCOCCNC(=NC)NCc1cccc(N(C)C)n1. The van der Waals surface area contributed by atoms with Crippen molar-refractivity contribution in [2.24, 2.45) is 4.99 Å². The van der Waals surface area contributed by atoms with Crippen molar-refractivity contribution >= 4 is 11.8 Å². The number of anilines is 1. The van der Waals surface area contributed by atoms with Crippen LogP contribution in [0.25, 0.3) is 0 Å². The highest BCUT2D eigenvalue weighted by Crippen LogP contribution is 2.07. The number of hydrogen-bond acceptors (Lipinski definition) is 4. The molecule has 1 aromatic heterocycles. The van der Waals surface area contributed by atoms with Crippen LogP contribution in [0.1, 0.15) is 12.6 Å². The van der Waals surface area contributed by atoms with E-state index >= 15 is 0 Å². The molecule has 0 spiro atoms. The zero-order chi connectivity index (χ0) is 14.8. The molecule has 112 valence electrons. The lowest BCUT2D eigenvalue weighted by atomic mass is 10.3. The fourth-order valence-corrected chi connectivity index (χ4v) is 1.60. The predicted molar refractivity (Wildman–Crippen MR) is 83.3 cm³/mol. The van der Waals surface area contributed by atoms with Crippen LogP contribution in [-0.2, 0) is 11.3 Å². The lowest BCUT2D eigenvalue weighted by Gasteiger charge is -2.14. The van der Waals surface area contributed by atoms with Gasteiger partial charge in [0.15, 0.2) is 5.96 Å². The van der Waals surface area contributed by atoms with Crippen LogP contribution in [0, 0.1) is 0 Å². The second-order valence-electron chi connectivity index (χ2n) is 4.43. The third-order valence-corrected chi connectivity index (χ3v) is 2.65. The van der Waals surface area contributed by atoms with E-state index in [4.69, 9.17) is 4.74 Å². The summed E-state index contributed by atoms with van der Waals surface area (Å²) in [6, 6.07) is 5.98. The zero-order valence-electron chi connectivity index (χ0n) is 12.8. The predicted octanol–water partition coefficient (Wildman–Crippen LogP) is 0.849. The Bertz CT molecular complexity index is 420. The molecule has 0 saturated carbocycles. The molecule has 20 heavy (non-hydrogen) atoms. The van der Waals surface area contributed by atoms with Gasteiger partial charge in [-0.1, -0.05) is 6.07 Å². The maximum absolute atomic E-state index is 5.27. The van der Waals surface area contributed by atoms with Crippen molar-refractivity contribution in [2.45, 2.75) is 13.5 Å². The van der Waals surface area contributed by atoms with Crippen LogP contribution < -0.4 is 15.5 Å². The fourth-order valence-electron chi connectivity index (χ4n) is 1.60. The molecule has 0 atom stereocenters. The molecule has 1 heterocycles. The first kappa shape index (κ1) is 16.2. The summed E-state index contributed by atoms with van der Waals surface area (Å²) >= 11 is 0. The Morgan fingerprint density at radius 2 is 2.15 bits per heavy atom. The summed E-state index contributed by atoms with van der Waals surface area (Å²) in [4.78, 5) is 10.7. The minimum absolute atomic E-state index is 0.635. The van der Waals surface area contributed by atoms with Gasteiger partial charge in [0.2, 0.25) is 0 Å². The van der Waals surface area contributed by atoms with Crippen molar-refractivity contribution in [3.8, 4) is 0 Å². The van der Waals surface area contributed by atoms with Gasteiger partial charge in [0.1, 0.15) is 5.82 Å². The van der Waals surface area contributed by atoms with Crippen LogP contribution in [0.4, 0.5) is 5.82 Å². The second-order valence-corrected chi connectivity index (χ2v) is 4.43. The molecule has 1 rings (SSSR count). The molecular formula is C14H25N5O. The standard InChI is InChI=1S/C14H25N5O/c1-5-20-10-9-16-14(15-2)17-11-12-7-6-8-13(18-12)19(3)4/h6-8H,5,9-11H2,1-4H3,(H2,15,16,17). The van der Waals surface area contributed by atoms with Crippen LogP contribution in [0.15, 0.2) is 23.2 Å². The number of hydrogen-bond donors (Lipinski definition) is 2. The summed E-state index contributed by atoms with van der Waals surface area (Å²) in [6.45, 7) is 4.76. The Morgan fingerprint density at radius 3 is 2.80 bits per heavy atom. The molecule has 0 bridgehead atoms. The minimum atomic E-state index is 0.635. The molecule has 6 nitrogen and oxygen atoms in total. The average Bonchev–Trinajstić information content (AvgIpc) is 2.47. The molecule has 0 saturated heterocycles. The van der Waals surface area contributed by atoms with Crippen LogP contribution >= 0.6 is 0 Å². The van der Waals surface area contributed by atoms with Crippen molar-refractivity contribution in [1.82, 2.24) is 15.6 Å². The Kier molecular flexibility index (Phi) is 7.42. The van der Waals surface area contributed by atoms with Gasteiger partial charge in [-0.3, -0.25) is 4.99 Å². The molecule has 0 aliphatic carbocycles. The lowest BCUT2D eigenvalue weighted by molar-refractivity contribution is 0.152. The van der Waals surface area contributed by atoms with E-state index in [2.05, 4.69) is 20.6 Å². The first-order valence-corrected chi connectivity index (χ1v) is 6.83. The van der Waals surface area contributed by atoms with E-state index < -0.39 is 0 Å². The highest BCUT2D eigenvalue weighted by molar-refractivity contribution is 5.79. The molecule has 0 aromatic carbocycles. The van der Waals surface area contributed by atoms with Crippen molar-refractivity contribution in [1.29, 1.82) is 0 Å². The molecule has 0 aliphatic heterocycles. The Labute approximate surface area is 121 Å². The Balaban J connectivity index is 2.42. The largest absolute Gasteiger partial charge is 0.380 e. The molecule has 0 fully saturated rings. The fraction of sp³-hybridized carbons (Fsp3) is 0.571.